The molecule has 0 unspecified atom stereocenters. The van der Waals surface area contributed by atoms with Gasteiger partial charge in [0.2, 0.25) is 0 Å². The first-order valence-corrected chi connectivity index (χ1v) is 7.65. The number of amides is 1. The Hall–Kier alpha value is -2.55. The minimum absolute atomic E-state index is 0.0886. The van der Waals surface area contributed by atoms with Crippen LogP contribution in [-0.2, 0) is 6.54 Å². The second-order valence-corrected chi connectivity index (χ2v) is 5.37. The van der Waals surface area contributed by atoms with Gasteiger partial charge in [-0.3, -0.25) is 4.79 Å². The number of benzene rings is 2. The van der Waals surface area contributed by atoms with Gasteiger partial charge in [0.25, 0.3) is 5.91 Å². The van der Waals surface area contributed by atoms with Gasteiger partial charge in [-0.2, -0.15) is 0 Å². The van der Waals surface area contributed by atoms with Gasteiger partial charge in [-0.05, 0) is 42.8 Å². The first-order valence-electron chi connectivity index (χ1n) is 7.65. The standard InChI is InChI=1S/C19H19N2O/c1-2-3-12-21-13-11-16-14-17(9-10-18(16)21)20-19(22)15-7-5-4-6-8-15/h4-11,14H,2-3,12H2,1H3,(H,20,22). The maximum absolute atomic E-state index is 12.2. The number of rotatable bonds is 5. The van der Waals surface area contributed by atoms with Crippen LogP contribution in [0.2, 0.25) is 0 Å². The van der Waals surface area contributed by atoms with Crippen molar-refractivity contribution in [1.29, 1.82) is 0 Å². The molecule has 0 aliphatic rings. The zero-order valence-corrected chi connectivity index (χ0v) is 12.7. The largest absolute Gasteiger partial charge is 0.339 e. The molecule has 0 aliphatic heterocycles. The molecule has 0 atom stereocenters. The number of aryl methyl sites for hydroxylation is 1. The fourth-order valence-electron chi connectivity index (χ4n) is 2.50. The molecule has 3 heteroatoms. The smallest absolute Gasteiger partial charge is 0.255 e. The number of aromatic nitrogens is 1. The molecule has 0 aliphatic carbocycles. The molecule has 0 spiro atoms. The molecule has 2 aromatic carbocycles. The summed E-state index contributed by atoms with van der Waals surface area (Å²) in [6, 6.07) is 17.2. The lowest BCUT2D eigenvalue weighted by molar-refractivity contribution is 0.102. The van der Waals surface area contributed by atoms with Crippen molar-refractivity contribution in [3.8, 4) is 0 Å². The number of carbonyl (C=O) groups excluding carboxylic acids is 1. The third-order valence-corrected chi connectivity index (χ3v) is 3.72. The number of fused-ring (bicyclic) bond motifs is 1. The van der Waals surface area contributed by atoms with Gasteiger partial charge in [-0.15, -0.1) is 0 Å². The first-order chi connectivity index (χ1) is 10.8. The van der Waals surface area contributed by atoms with E-state index in [2.05, 4.69) is 23.0 Å². The number of nitrogens with one attached hydrogen (secondary N) is 1. The van der Waals surface area contributed by atoms with Gasteiger partial charge in [0.1, 0.15) is 0 Å². The number of hydrogen-bond acceptors (Lipinski definition) is 1. The molecule has 3 aromatic rings. The third-order valence-electron chi connectivity index (χ3n) is 3.72. The number of carbonyl (C=O) groups is 1. The van der Waals surface area contributed by atoms with Crippen LogP contribution in [0.3, 0.4) is 0 Å². The third kappa shape index (κ3) is 3.03. The van der Waals surface area contributed by atoms with E-state index in [1.165, 1.54) is 6.42 Å². The summed E-state index contributed by atoms with van der Waals surface area (Å²) >= 11 is 0. The SMILES string of the molecule is CCCCn1[c]cc2cc(NC(=O)c3ccccc3)ccc21. The molecule has 3 nitrogen and oxygen atoms in total. The van der Waals surface area contributed by atoms with E-state index in [9.17, 15) is 4.79 Å². The Morgan fingerprint density at radius 2 is 2.00 bits per heavy atom. The fourth-order valence-corrected chi connectivity index (χ4v) is 2.50. The van der Waals surface area contributed by atoms with Crippen LogP contribution in [0, 0.1) is 6.20 Å². The summed E-state index contributed by atoms with van der Waals surface area (Å²) in [5, 5.41) is 4.04. The second-order valence-electron chi connectivity index (χ2n) is 5.37. The van der Waals surface area contributed by atoms with E-state index in [1.807, 2.05) is 54.6 Å². The molecule has 22 heavy (non-hydrogen) atoms. The number of unbranched alkanes of at least 4 members (excludes halogenated alkanes) is 1. The summed E-state index contributed by atoms with van der Waals surface area (Å²) < 4.78 is 2.14. The number of hydrogen-bond donors (Lipinski definition) is 1. The number of nitrogens with zero attached hydrogens (tertiary/aromatic N) is 1. The minimum atomic E-state index is -0.0886. The van der Waals surface area contributed by atoms with Crippen molar-refractivity contribution >= 4 is 22.5 Å². The Kier molecular flexibility index (Phi) is 4.24. The molecule has 111 valence electrons. The van der Waals surface area contributed by atoms with Crippen molar-refractivity contribution in [3.63, 3.8) is 0 Å². The molecule has 0 fully saturated rings. The van der Waals surface area contributed by atoms with Crippen molar-refractivity contribution < 1.29 is 4.79 Å². The van der Waals surface area contributed by atoms with E-state index < -0.39 is 0 Å². The van der Waals surface area contributed by atoms with Crippen molar-refractivity contribution in [2.24, 2.45) is 0 Å². The molecule has 0 saturated heterocycles. The molecule has 0 bridgehead atoms. The predicted octanol–water partition coefficient (Wildman–Crippen LogP) is 4.49. The lowest BCUT2D eigenvalue weighted by atomic mass is 10.2. The van der Waals surface area contributed by atoms with Crippen LogP contribution in [0.15, 0.2) is 54.6 Å². The molecule has 3 rings (SSSR count). The minimum Gasteiger partial charge on any atom is -0.339 e. The van der Waals surface area contributed by atoms with Gasteiger partial charge in [0, 0.05) is 28.7 Å². The molecule has 1 radical (unpaired) electrons. The van der Waals surface area contributed by atoms with Gasteiger partial charge in [0.05, 0.1) is 6.20 Å². The maximum Gasteiger partial charge on any atom is 0.255 e. The lowest BCUT2D eigenvalue weighted by Crippen LogP contribution is -2.11. The Morgan fingerprint density at radius 3 is 2.77 bits per heavy atom. The first kappa shape index (κ1) is 14.4. The number of anilines is 1. The molecular weight excluding hydrogens is 272 g/mol. The normalized spacial score (nSPS) is 10.8. The van der Waals surface area contributed by atoms with Gasteiger partial charge < -0.3 is 9.88 Å². The van der Waals surface area contributed by atoms with Gasteiger partial charge >= 0.3 is 0 Å². The monoisotopic (exact) mass is 291 g/mol. The molecule has 1 amide bonds. The van der Waals surface area contributed by atoms with Crippen LogP contribution in [0.4, 0.5) is 5.69 Å². The summed E-state index contributed by atoms with van der Waals surface area (Å²) in [6.45, 7) is 3.17. The molecule has 1 aromatic heterocycles. The molecule has 1 N–H and O–H groups in total. The van der Waals surface area contributed by atoms with Crippen LogP contribution < -0.4 is 5.32 Å². The molecule has 1 heterocycles. The Labute approximate surface area is 130 Å². The van der Waals surface area contributed by atoms with Crippen LogP contribution >= 0.6 is 0 Å². The van der Waals surface area contributed by atoms with Crippen LogP contribution in [0.5, 0.6) is 0 Å². The highest BCUT2D eigenvalue weighted by Crippen LogP contribution is 2.21. The fraction of sp³-hybridized carbons (Fsp3) is 0.211. The van der Waals surface area contributed by atoms with Crippen LogP contribution in [0.1, 0.15) is 30.1 Å². The predicted molar refractivity (Wildman–Crippen MR) is 90.1 cm³/mol. The van der Waals surface area contributed by atoms with Crippen molar-refractivity contribution in [3.05, 3.63) is 66.4 Å². The average Bonchev–Trinajstić information content (AvgIpc) is 2.96. The van der Waals surface area contributed by atoms with E-state index >= 15 is 0 Å². The summed E-state index contributed by atoms with van der Waals surface area (Å²) in [6.07, 6.45) is 5.58. The van der Waals surface area contributed by atoms with Gasteiger partial charge in [0.15, 0.2) is 0 Å². The summed E-state index contributed by atoms with van der Waals surface area (Å²) in [4.78, 5) is 12.2. The van der Waals surface area contributed by atoms with Crippen molar-refractivity contribution in [1.82, 2.24) is 4.57 Å². The molecule has 0 saturated carbocycles. The van der Waals surface area contributed by atoms with E-state index in [4.69, 9.17) is 0 Å². The van der Waals surface area contributed by atoms with E-state index in [0.717, 1.165) is 29.6 Å². The highest BCUT2D eigenvalue weighted by molar-refractivity contribution is 6.05. The Morgan fingerprint density at radius 1 is 1.18 bits per heavy atom. The van der Waals surface area contributed by atoms with Crippen LogP contribution in [-0.4, -0.2) is 10.5 Å². The summed E-state index contributed by atoms with van der Waals surface area (Å²) in [5.74, 6) is -0.0886. The van der Waals surface area contributed by atoms with E-state index in [1.54, 1.807) is 0 Å². The van der Waals surface area contributed by atoms with E-state index in [-0.39, 0.29) is 5.91 Å². The Bertz CT molecular complexity index is 774. The highest BCUT2D eigenvalue weighted by Gasteiger charge is 2.07. The molecular formula is C19H19N2O. The average molecular weight is 291 g/mol. The topological polar surface area (TPSA) is 34.0 Å². The lowest BCUT2D eigenvalue weighted by Gasteiger charge is -2.07. The summed E-state index contributed by atoms with van der Waals surface area (Å²) in [7, 11) is 0. The van der Waals surface area contributed by atoms with E-state index in [0.29, 0.717) is 5.56 Å². The highest BCUT2D eigenvalue weighted by atomic mass is 16.1. The quantitative estimate of drug-likeness (QED) is 0.738. The zero-order valence-electron chi connectivity index (χ0n) is 12.7. The maximum atomic E-state index is 12.2. The second kappa shape index (κ2) is 6.48. The van der Waals surface area contributed by atoms with Gasteiger partial charge in [-0.25, -0.2) is 0 Å². The van der Waals surface area contributed by atoms with Crippen LogP contribution in [0.25, 0.3) is 10.9 Å². The zero-order chi connectivity index (χ0) is 15.4. The van der Waals surface area contributed by atoms with Crippen molar-refractivity contribution in [2.75, 3.05) is 5.32 Å². The Balaban J connectivity index is 1.79. The van der Waals surface area contributed by atoms with Gasteiger partial charge in [-0.1, -0.05) is 31.5 Å². The van der Waals surface area contributed by atoms with Crippen molar-refractivity contribution in [2.45, 2.75) is 26.3 Å². The summed E-state index contributed by atoms with van der Waals surface area (Å²) in [5.41, 5.74) is 2.63.